The average Bonchev–Trinajstić information content (AvgIpc) is 2.23. The molecule has 0 atom stereocenters. The van der Waals surface area contributed by atoms with Gasteiger partial charge in [0.15, 0.2) is 0 Å². The van der Waals surface area contributed by atoms with E-state index in [1.54, 1.807) is 0 Å². The highest BCUT2D eigenvalue weighted by Crippen LogP contribution is 2.14. The highest BCUT2D eigenvalue weighted by molar-refractivity contribution is 5.79. The lowest BCUT2D eigenvalue weighted by Crippen LogP contribution is -2.48. The molecule has 1 N–H and O–H groups in total. The molecule has 0 aliphatic carbocycles. The van der Waals surface area contributed by atoms with E-state index < -0.39 is 11.5 Å². The first kappa shape index (κ1) is 18.0. The van der Waals surface area contributed by atoms with Crippen molar-refractivity contribution in [2.75, 3.05) is 20.7 Å². The summed E-state index contributed by atoms with van der Waals surface area (Å²) in [6.07, 6.45) is 2.71. The average molecular weight is 245 g/mol. The second kappa shape index (κ2) is 8.75. The van der Waals surface area contributed by atoms with Crippen molar-refractivity contribution in [3.05, 3.63) is 12.7 Å². The Balaban J connectivity index is 0. The van der Waals surface area contributed by atoms with E-state index >= 15 is 0 Å². The van der Waals surface area contributed by atoms with Gasteiger partial charge in [-0.05, 0) is 27.3 Å². The number of carbonyl (C=O) groups is 2. The predicted molar refractivity (Wildman–Crippen MR) is 66.8 cm³/mol. The third kappa shape index (κ3) is 8.45. The number of carboxylic acid groups (broad SMARTS) is 1. The van der Waals surface area contributed by atoms with Crippen LogP contribution in [0.2, 0.25) is 0 Å². The molecule has 0 aromatic rings. The van der Waals surface area contributed by atoms with Crippen molar-refractivity contribution in [3.8, 4) is 0 Å². The summed E-state index contributed by atoms with van der Waals surface area (Å²) in [4.78, 5) is 22.3. The summed E-state index contributed by atoms with van der Waals surface area (Å²) in [5.74, 6) is -1.04. The van der Waals surface area contributed by atoms with Gasteiger partial charge in [-0.2, -0.15) is 0 Å². The van der Waals surface area contributed by atoms with Crippen LogP contribution in [0.1, 0.15) is 27.2 Å². The molecule has 0 aromatic heterocycles. The maximum absolute atomic E-state index is 11.3. The number of nitrogens with zero attached hydrogens (tertiary/aromatic N) is 1. The van der Waals surface area contributed by atoms with Crippen LogP contribution in [0.5, 0.6) is 0 Å². The highest BCUT2D eigenvalue weighted by atomic mass is 16.5. The van der Waals surface area contributed by atoms with Crippen molar-refractivity contribution in [3.63, 3.8) is 0 Å². The third-order valence-corrected chi connectivity index (χ3v) is 2.31. The van der Waals surface area contributed by atoms with E-state index in [9.17, 15) is 4.79 Å². The fraction of sp³-hybridized carbons (Fsp3) is 0.667. The maximum atomic E-state index is 11.3. The largest absolute Gasteiger partial charge is 0.481 e. The summed E-state index contributed by atoms with van der Waals surface area (Å²) in [7, 11) is 3.31. The molecule has 0 aliphatic rings. The number of aliphatic carboxylic acids is 1. The lowest BCUT2D eigenvalue weighted by molar-refractivity contribution is -0.152. The Labute approximate surface area is 103 Å². The van der Waals surface area contributed by atoms with Crippen LogP contribution in [0.25, 0.3) is 0 Å². The van der Waals surface area contributed by atoms with Crippen molar-refractivity contribution < 1.29 is 19.4 Å². The molecule has 0 radical (unpaired) electrons. The minimum Gasteiger partial charge on any atom is -0.481 e. The van der Waals surface area contributed by atoms with Gasteiger partial charge in [0.1, 0.15) is 5.54 Å². The van der Waals surface area contributed by atoms with Gasteiger partial charge in [-0.25, -0.2) is 0 Å². The van der Waals surface area contributed by atoms with Crippen molar-refractivity contribution in [2.24, 2.45) is 0 Å². The Morgan fingerprint density at radius 1 is 1.47 bits per heavy atom. The smallest absolute Gasteiger partial charge is 0.325 e. The van der Waals surface area contributed by atoms with E-state index in [1.165, 1.54) is 7.11 Å². The fourth-order valence-electron chi connectivity index (χ4n) is 0.970. The standard InChI is InChI=1S/C10H19NO2.C2H4O2/c1-6-7-8-11(4)10(2,3)9(12)13-5;1-2(3)4/h6H,1,7-8H2,2-5H3;1H3,(H,3,4). The zero-order valence-electron chi connectivity index (χ0n) is 11.3. The maximum Gasteiger partial charge on any atom is 0.325 e. The van der Waals surface area contributed by atoms with Crippen molar-refractivity contribution in [2.45, 2.75) is 32.7 Å². The molecule has 0 unspecified atom stereocenters. The molecule has 0 aromatic carbocycles. The Kier molecular flexibility index (Phi) is 9.28. The molecule has 0 spiro atoms. The predicted octanol–water partition coefficient (Wildman–Crippen LogP) is 1.54. The van der Waals surface area contributed by atoms with Crippen LogP contribution in [0, 0.1) is 0 Å². The summed E-state index contributed by atoms with van der Waals surface area (Å²) in [6, 6.07) is 0. The zero-order chi connectivity index (χ0) is 14.1. The van der Waals surface area contributed by atoms with Gasteiger partial charge in [0.25, 0.3) is 5.97 Å². The van der Waals surface area contributed by atoms with E-state index in [4.69, 9.17) is 14.6 Å². The van der Waals surface area contributed by atoms with Gasteiger partial charge in [0.2, 0.25) is 0 Å². The van der Waals surface area contributed by atoms with Gasteiger partial charge in [-0.1, -0.05) is 6.08 Å². The van der Waals surface area contributed by atoms with Gasteiger partial charge in [0, 0.05) is 13.5 Å². The number of esters is 1. The molecular weight excluding hydrogens is 222 g/mol. The van der Waals surface area contributed by atoms with Gasteiger partial charge in [-0.15, -0.1) is 6.58 Å². The molecular formula is C12H23NO4. The number of hydrogen-bond donors (Lipinski definition) is 1. The Morgan fingerprint density at radius 3 is 2.18 bits per heavy atom. The van der Waals surface area contributed by atoms with Gasteiger partial charge in [-0.3, -0.25) is 14.5 Å². The number of methoxy groups -OCH3 is 1. The van der Waals surface area contributed by atoms with Crippen molar-refractivity contribution in [1.82, 2.24) is 4.90 Å². The number of likely N-dealkylation sites (N-methyl/N-ethyl adjacent to an activating group) is 1. The summed E-state index contributed by atoms with van der Waals surface area (Å²) < 4.78 is 4.71. The first-order valence-corrected chi connectivity index (χ1v) is 5.30. The topological polar surface area (TPSA) is 66.8 Å². The summed E-state index contributed by atoms with van der Waals surface area (Å²) in [5, 5.41) is 7.42. The Bertz CT molecular complexity index is 257. The molecule has 0 bridgehead atoms. The molecule has 0 heterocycles. The van der Waals surface area contributed by atoms with Crippen LogP contribution in [-0.4, -0.2) is 48.2 Å². The molecule has 5 nitrogen and oxygen atoms in total. The molecule has 0 amide bonds. The molecule has 0 fully saturated rings. The molecule has 100 valence electrons. The lowest BCUT2D eigenvalue weighted by atomic mass is 10.0. The molecule has 0 rings (SSSR count). The monoisotopic (exact) mass is 245 g/mol. The first-order chi connectivity index (χ1) is 7.69. The molecule has 17 heavy (non-hydrogen) atoms. The number of carbonyl (C=O) groups excluding carboxylic acids is 1. The van der Waals surface area contributed by atoms with Gasteiger partial charge in [0.05, 0.1) is 7.11 Å². The summed E-state index contributed by atoms with van der Waals surface area (Å²) in [5.41, 5.74) is -0.558. The number of carboxylic acids is 1. The van der Waals surface area contributed by atoms with E-state index in [-0.39, 0.29) is 5.97 Å². The van der Waals surface area contributed by atoms with E-state index in [0.717, 1.165) is 19.9 Å². The van der Waals surface area contributed by atoms with Crippen LogP contribution in [-0.2, 0) is 14.3 Å². The van der Waals surface area contributed by atoms with Crippen molar-refractivity contribution >= 4 is 11.9 Å². The van der Waals surface area contributed by atoms with Crippen LogP contribution >= 0.6 is 0 Å². The van der Waals surface area contributed by atoms with E-state index in [1.807, 2.05) is 31.9 Å². The summed E-state index contributed by atoms with van der Waals surface area (Å²) >= 11 is 0. The minimum atomic E-state index is -0.833. The molecule has 5 heteroatoms. The molecule has 0 saturated carbocycles. The van der Waals surface area contributed by atoms with Gasteiger partial charge < -0.3 is 9.84 Å². The lowest BCUT2D eigenvalue weighted by Gasteiger charge is -2.32. The zero-order valence-corrected chi connectivity index (χ0v) is 11.3. The van der Waals surface area contributed by atoms with Crippen LogP contribution in [0.15, 0.2) is 12.7 Å². The van der Waals surface area contributed by atoms with E-state index in [2.05, 4.69) is 6.58 Å². The third-order valence-electron chi connectivity index (χ3n) is 2.31. The number of ether oxygens (including phenoxy) is 1. The SMILES string of the molecule is C=CCCN(C)C(C)(C)C(=O)OC.CC(=O)O. The van der Waals surface area contributed by atoms with Gasteiger partial charge >= 0.3 is 5.97 Å². The van der Waals surface area contributed by atoms with E-state index in [0.29, 0.717) is 0 Å². The van der Waals surface area contributed by atoms with Crippen LogP contribution in [0.3, 0.4) is 0 Å². The van der Waals surface area contributed by atoms with Crippen molar-refractivity contribution in [1.29, 1.82) is 0 Å². The minimum absolute atomic E-state index is 0.209. The Hall–Kier alpha value is -1.36. The second-order valence-corrected chi connectivity index (χ2v) is 4.07. The van der Waals surface area contributed by atoms with Crippen LogP contribution in [0.4, 0.5) is 0 Å². The second-order valence-electron chi connectivity index (χ2n) is 4.07. The number of hydrogen-bond acceptors (Lipinski definition) is 4. The highest BCUT2D eigenvalue weighted by Gasteiger charge is 2.32. The molecule has 0 saturated heterocycles. The number of rotatable bonds is 5. The Morgan fingerprint density at radius 2 is 1.88 bits per heavy atom. The molecule has 0 aliphatic heterocycles. The fourth-order valence-corrected chi connectivity index (χ4v) is 0.970. The quantitative estimate of drug-likeness (QED) is 0.588. The normalized spacial score (nSPS) is 10.2. The van der Waals surface area contributed by atoms with Crippen LogP contribution < -0.4 is 0 Å². The first-order valence-electron chi connectivity index (χ1n) is 5.30. The summed E-state index contributed by atoms with van der Waals surface area (Å²) in [6.45, 7) is 9.23.